The maximum Gasteiger partial charge on any atom is 0.184 e. The summed E-state index contributed by atoms with van der Waals surface area (Å²) in [6.07, 6.45) is 3.07. The Balaban J connectivity index is 2.24. The summed E-state index contributed by atoms with van der Waals surface area (Å²) in [5.41, 5.74) is 9.76. The highest BCUT2D eigenvalue weighted by Crippen LogP contribution is 2.33. The van der Waals surface area contributed by atoms with E-state index in [-0.39, 0.29) is 0 Å². The zero-order valence-corrected chi connectivity index (χ0v) is 9.74. The number of thiazole rings is 1. The van der Waals surface area contributed by atoms with E-state index in [1.807, 2.05) is 0 Å². The summed E-state index contributed by atoms with van der Waals surface area (Å²) < 4.78 is 1.82. The first-order chi connectivity index (χ1) is 7.24. The SMILES string of the molecule is NC1CCc2c(ccc3sc(Cl)nc23)C1. The van der Waals surface area contributed by atoms with Gasteiger partial charge in [0.1, 0.15) is 0 Å². The van der Waals surface area contributed by atoms with Crippen LogP contribution >= 0.6 is 22.9 Å². The molecule has 0 bridgehead atoms. The Morgan fingerprint density at radius 2 is 2.33 bits per heavy atom. The molecule has 2 aromatic rings. The van der Waals surface area contributed by atoms with Crippen LogP contribution in [-0.4, -0.2) is 11.0 Å². The zero-order chi connectivity index (χ0) is 10.4. The monoisotopic (exact) mass is 238 g/mol. The van der Waals surface area contributed by atoms with Gasteiger partial charge in [-0.1, -0.05) is 17.7 Å². The molecule has 0 aliphatic heterocycles. The van der Waals surface area contributed by atoms with Gasteiger partial charge in [-0.2, -0.15) is 0 Å². The van der Waals surface area contributed by atoms with Crippen molar-refractivity contribution in [3.63, 3.8) is 0 Å². The Bertz CT molecular complexity index is 521. The standard InChI is InChI=1S/C11H11ClN2S/c12-11-14-10-8-3-2-7(13)5-6(8)1-4-9(10)15-11/h1,4,7H,2-3,5,13H2. The van der Waals surface area contributed by atoms with Gasteiger partial charge >= 0.3 is 0 Å². The fourth-order valence-corrected chi connectivity index (χ4v) is 3.30. The number of aromatic nitrogens is 1. The van der Waals surface area contributed by atoms with Crippen LogP contribution in [0, 0.1) is 0 Å². The van der Waals surface area contributed by atoms with Crippen molar-refractivity contribution in [2.45, 2.75) is 25.3 Å². The molecule has 0 radical (unpaired) electrons. The molecule has 1 atom stereocenters. The largest absolute Gasteiger partial charge is 0.327 e. The number of aryl methyl sites for hydroxylation is 1. The molecule has 3 rings (SSSR count). The van der Waals surface area contributed by atoms with Gasteiger partial charge in [0.05, 0.1) is 10.2 Å². The van der Waals surface area contributed by atoms with Gasteiger partial charge in [-0.3, -0.25) is 0 Å². The van der Waals surface area contributed by atoms with Crippen LogP contribution in [0.5, 0.6) is 0 Å². The topological polar surface area (TPSA) is 38.9 Å². The molecule has 1 aromatic carbocycles. The van der Waals surface area contributed by atoms with Crippen LogP contribution in [-0.2, 0) is 12.8 Å². The predicted octanol–water partition coefficient (Wildman–Crippen LogP) is 2.77. The first-order valence-electron chi connectivity index (χ1n) is 5.06. The Morgan fingerprint density at radius 3 is 3.20 bits per heavy atom. The second-order valence-electron chi connectivity index (χ2n) is 4.02. The van der Waals surface area contributed by atoms with Crippen LogP contribution in [0.2, 0.25) is 4.47 Å². The van der Waals surface area contributed by atoms with Crippen LogP contribution in [0.15, 0.2) is 12.1 Å². The van der Waals surface area contributed by atoms with Crippen molar-refractivity contribution in [2.24, 2.45) is 5.73 Å². The van der Waals surface area contributed by atoms with Gasteiger partial charge in [0.2, 0.25) is 0 Å². The van der Waals surface area contributed by atoms with E-state index in [1.165, 1.54) is 15.8 Å². The van der Waals surface area contributed by atoms with E-state index in [9.17, 15) is 0 Å². The van der Waals surface area contributed by atoms with E-state index in [4.69, 9.17) is 17.3 Å². The van der Waals surface area contributed by atoms with E-state index < -0.39 is 0 Å². The molecule has 78 valence electrons. The van der Waals surface area contributed by atoms with Gasteiger partial charge in [-0.15, -0.1) is 11.3 Å². The molecule has 1 aromatic heterocycles. The second kappa shape index (κ2) is 3.44. The molecule has 2 nitrogen and oxygen atoms in total. The van der Waals surface area contributed by atoms with Crippen LogP contribution in [0.4, 0.5) is 0 Å². The average Bonchev–Trinajstić information content (AvgIpc) is 2.58. The fraction of sp³-hybridized carbons (Fsp3) is 0.364. The molecule has 1 heterocycles. The summed E-state index contributed by atoms with van der Waals surface area (Å²) in [4.78, 5) is 4.39. The normalized spacial score (nSPS) is 20.5. The van der Waals surface area contributed by atoms with E-state index >= 15 is 0 Å². The molecule has 2 N–H and O–H groups in total. The third-order valence-corrected chi connectivity index (χ3v) is 4.11. The van der Waals surface area contributed by atoms with Crippen LogP contribution < -0.4 is 5.73 Å². The number of fused-ring (bicyclic) bond motifs is 3. The Hall–Kier alpha value is -0.640. The summed E-state index contributed by atoms with van der Waals surface area (Å²) in [6.45, 7) is 0. The molecular formula is C11H11ClN2S. The van der Waals surface area contributed by atoms with Crippen LogP contribution in [0.25, 0.3) is 10.2 Å². The first-order valence-corrected chi connectivity index (χ1v) is 6.26. The van der Waals surface area contributed by atoms with Crippen molar-refractivity contribution in [1.29, 1.82) is 0 Å². The summed E-state index contributed by atoms with van der Waals surface area (Å²) in [6, 6.07) is 4.59. The van der Waals surface area contributed by atoms with Gasteiger partial charge in [0, 0.05) is 6.04 Å². The van der Waals surface area contributed by atoms with Gasteiger partial charge in [-0.05, 0) is 36.5 Å². The van der Waals surface area contributed by atoms with Gasteiger partial charge < -0.3 is 5.73 Å². The number of rotatable bonds is 0. The van der Waals surface area contributed by atoms with Crippen molar-refractivity contribution >= 4 is 33.2 Å². The Morgan fingerprint density at radius 1 is 1.47 bits per heavy atom. The van der Waals surface area contributed by atoms with Crippen molar-refractivity contribution < 1.29 is 0 Å². The lowest BCUT2D eigenvalue weighted by atomic mass is 9.88. The maximum atomic E-state index is 5.95. The summed E-state index contributed by atoms with van der Waals surface area (Å²) in [5.74, 6) is 0. The molecule has 0 amide bonds. The average molecular weight is 239 g/mol. The van der Waals surface area contributed by atoms with Gasteiger partial charge in [0.15, 0.2) is 4.47 Å². The van der Waals surface area contributed by atoms with E-state index in [1.54, 1.807) is 11.3 Å². The minimum atomic E-state index is 0.309. The Labute approximate surface area is 97.1 Å². The lowest BCUT2D eigenvalue weighted by Gasteiger charge is -2.21. The highest BCUT2D eigenvalue weighted by molar-refractivity contribution is 7.22. The molecular weight excluding hydrogens is 228 g/mol. The maximum absolute atomic E-state index is 5.95. The molecule has 0 saturated heterocycles. The third-order valence-electron chi connectivity index (χ3n) is 2.98. The predicted molar refractivity (Wildman–Crippen MR) is 64.6 cm³/mol. The molecule has 0 fully saturated rings. The summed E-state index contributed by atoms with van der Waals surface area (Å²) >= 11 is 7.49. The minimum absolute atomic E-state index is 0.309. The summed E-state index contributed by atoms with van der Waals surface area (Å²) in [5, 5.41) is 0. The molecule has 4 heteroatoms. The second-order valence-corrected chi connectivity index (χ2v) is 5.63. The van der Waals surface area contributed by atoms with Crippen molar-refractivity contribution in [3.05, 3.63) is 27.7 Å². The molecule has 1 aliphatic carbocycles. The first kappa shape index (κ1) is 9.58. The smallest absolute Gasteiger partial charge is 0.184 e. The number of nitrogens with zero attached hydrogens (tertiary/aromatic N) is 1. The molecule has 1 unspecified atom stereocenters. The van der Waals surface area contributed by atoms with Crippen LogP contribution in [0.3, 0.4) is 0 Å². The minimum Gasteiger partial charge on any atom is -0.327 e. The van der Waals surface area contributed by atoms with Crippen LogP contribution in [0.1, 0.15) is 17.5 Å². The fourth-order valence-electron chi connectivity index (χ4n) is 2.25. The van der Waals surface area contributed by atoms with Gasteiger partial charge in [-0.25, -0.2) is 4.98 Å². The van der Waals surface area contributed by atoms with E-state index in [0.717, 1.165) is 24.8 Å². The quantitative estimate of drug-likeness (QED) is 0.767. The highest BCUT2D eigenvalue weighted by atomic mass is 35.5. The van der Waals surface area contributed by atoms with E-state index in [0.29, 0.717) is 10.5 Å². The van der Waals surface area contributed by atoms with Crippen molar-refractivity contribution in [1.82, 2.24) is 4.98 Å². The molecule has 0 spiro atoms. The highest BCUT2D eigenvalue weighted by Gasteiger charge is 2.19. The lowest BCUT2D eigenvalue weighted by Crippen LogP contribution is -2.27. The third kappa shape index (κ3) is 1.55. The molecule has 1 aliphatic rings. The number of nitrogens with two attached hydrogens (primary N) is 1. The molecule has 0 saturated carbocycles. The van der Waals surface area contributed by atoms with Crippen molar-refractivity contribution in [3.8, 4) is 0 Å². The number of halogens is 1. The lowest BCUT2D eigenvalue weighted by molar-refractivity contribution is 0.579. The zero-order valence-electron chi connectivity index (χ0n) is 8.16. The number of hydrogen-bond acceptors (Lipinski definition) is 3. The number of benzene rings is 1. The Kier molecular flexibility index (Phi) is 2.20. The molecule has 15 heavy (non-hydrogen) atoms. The summed E-state index contributed by atoms with van der Waals surface area (Å²) in [7, 11) is 0. The van der Waals surface area contributed by atoms with Crippen molar-refractivity contribution in [2.75, 3.05) is 0 Å². The van der Waals surface area contributed by atoms with Gasteiger partial charge in [0.25, 0.3) is 0 Å². The van der Waals surface area contributed by atoms with E-state index in [2.05, 4.69) is 17.1 Å². The number of hydrogen-bond donors (Lipinski definition) is 1.